The Balaban J connectivity index is 1.41. The minimum absolute atomic E-state index is 0.227. The van der Waals surface area contributed by atoms with Crippen molar-refractivity contribution < 1.29 is 4.74 Å². The summed E-state index contributed by atoms with van der Waals surface area (Å²) >= 11 is 0. The van der Waals surface area contributed by atoms with Gasteiger partial charge in [0.25, 0.3) is 0 Å². The molecular weight excluding hydrogens is 408 g/mol. The summed E-state index contributed by atoms with van der Waals surface area (Å²) < 4.78 is 5.47. The highest BCUT2D eigenvalue weighted by Gasteiger charge is 2.17. The van der Waals surface area contributed by atoms with Crippen LogP contribution in [0.15, 0.2) is 36.8 Å². The van der Waals surface area contributed by atoms with Gasteiger partial charge in [-0.2, -0.15) is 4.98 Å². The molecule has 0 radical (unpaired) electrons. The van der Waals surface area contributed by atoms with Gasteiger partial charge in [0.15, 0.2) is 0 Å². The first-order valence-corrected chi connectivity index (χ1v) is 10.7. The highest BCUT2D eigenvalue weighted by Crippen LogP contribution is 2.25. The Morgan fingerprint density at radius 2 is 1.69 bits per heavy atom. The van der Waals surface area contributed by atoms with Crippen LogP contribution in [-0.4, -0.2) is 77.4 Å². The topological polar surface area (TPSA) is 130 Å². The fourth-order valence-electron chi connectivity index (χ4n) is 3.71. The first kappa shape index (κ1) is 20.3. The lowest BCUT2D eigenvalue weighted by Crippen LogP contribution is -2.43. The SMILES string of the molecule is Nc1ncc(-c2cc(Nc3ccc(N4CCNCC4)nc3)nc(N3CCOCC3)n2)cn1. The van der Waals surface area contributed by atoms with Crippen LogP contribution < -0.4 is 26.2 Å². The van der Waals surface area contributed by atoms with E-state index >= 15 is 0 Å². The van der Waals surface area contributed by atoms with Gasteiger partial charge in [0.05, 0.1) is 30.8 Å². The van der Waals surface area contributed by atoms with Crippen molar-refractivity contribution in [1.82, 2.24) is 30.2 Å². The predicted octanol–water partition coefficient (Wildman–Crippen LogP) is 0.901. The van der Waals surface area contributed by atoms with Crippen LogP contribution in [0.1, 0.15) is 0 Å². The minimum atomic E-state index is 0.227. The van der Waals surface area contributed by atoms with E-state index in [2.05, 4.69) is 35.4 Å². The van der Waals surface area contributed by atoms with Crippen molar-refractivity contribution in [2.75, 3.05) is 73.3 Å². The molecule has 0 unspecified atom stereocenters. The number of rotatable bonds is 5. The van der Waals surface area contributed by atoms with E-state index in [0.717, 1.165) is 62.0 Å². The number of pyridine rings is 1. The normalized spacial score (nSPS) is 16.8. The van der Waals surface area contributed by atoms with Crippen molar-refractivity contribution in [1.29, 1.82) is 0 Å². The molecule has 32 heavy (non-hydrogen) atoms. The third kappa shape index (κ3) is 4.68. The van der Waals surface area contributed by atoms with Crippen LogP contribution in [0.25, 0.3) is 11.3 Å². The molecule has 2 aliphatic heterocycles. The van der Waals surface area contributed by atoms with Crippen LogP contribution >= 0.6 is 0 Å². The van der Waals surface area contributed by atoms with E-state index in [1.54, 1.807) is 12.4 Å². The van der Waals surface area contributed by atoms with Crippen LogP contribution in [-0.2, 0) is 4.74 Å². The summed E-state index contributed by atoms with van der Waals surface area (Å²) in [5.41, 5.74) is 7.99. The largest absolute Gasteiger partial charge is 0.378 e. The molecule has 0 spiro atoms. The molecule has 2 fully saturated rings. The number of anilines is 5. The van der Waals surface area contributed by atoms with E-state index in [-0.39, 0.29) is 5.95 Å². The van der Waals surface area contributed by atoms with Gasteiger partial charge in [-0.25, -0.2) is 19.9 Å². The average molecular weight is 435 g/mol. The Kier molecular flexibility index (Phi) is 5.90. The summed E-state index contributed by atoms with van der Waals surface area (Å²) in [6.07, 6.45) is 5.17. The Morgan fingerprint density at radius 1 is 0.906 bits per heavy atom. The highest BCUT2D eigenvalue weighted by molar-refractivity contribution is 5.67. The summed E-state index contributed by atoms with van der Waals surface area (Å²) in [4.78, 5) is 26.7. The molecular formula is C21H26N10O. The molecule has 0 aliphatic carbocycles. The number of nitrogens with one attached hydrogen (secondary N) is 2. The lowest BCUT2D eigenvalue weighted by molar-refractivity contribution is 0.122. The average Bonchev–Trinajstić information content (AvgIpc) is 2.86. The van der Waals surface area contributed by atoms with Crippen LogP contribution in [0.3, 0.4) is 0 Å². The molecule has 166 valence electrons. The van der Waals surface area contributed by atoms with Crippen molar-refractivity contribution >= 4 is 29.2 Å². The lowest BCUT2D eigenvalue weighted by Gasteiger charge is -2.28. The van der Waals surface area contributed by atoms with Crippen molar-refractivity contribution in [2.24, 2.45) is 0 Å². The monoisotopic (exact) mass is 434 g/mol. The molecule has 0 saturated carbocycles. The van der Waals surface area contributed by atoms with E-state index in [1.807, 2.05) is 24.4 Å². The lowest BCUT2D eigenvalue weighted by atomic mass is 10.2. The molecule has 3 aromatic heterocycles. The van der Waals surface area contributed by atoms with E-state index in [0.29, 0.717) is 25.0 Å². The first-order chi connectivity index (χ1) is 15.7. The van der Waals surface area contributed by atoms with Crippen molar-refractivity contribution in [3.05, 3.63) is 36.8 Å². The molecule has 0 bridgehead atoms. The molecule has 5 heterocycles. The number of nitrogen functional groups attached to an aromatic ring is 1. The maximum absolute atomic E-state index is 5.65. The number of ether oxygens (including phenoxy) is 1. The fraction of sp³-hybridized carbons (Fsp3) is 0.381. The maximum atomic E-state index is 5.65. The van der Waals surface area contributed by atoms with E-state index in [4.69, 9.17) is 20.4 Å². The maximum Gasteiger partial charge on any atom is 0.228 e. The molecule has 2 saturated heterocycles. The molecule has 11 heteroatoms. The van der Waals surface area contributed by atoms with Gasteiger partial charge in [0, 0.05) is 63.3 Å². The zero-order valence-electron chi connectivity index (χ0n) is 17.7. The van der Waals surface area contributed by atoms with E-state index < -0.39 is 0 Å². The Labute approximate surface area is 186 Å². The number of piperazine rings is 1. The zero-order valence-corrected chi connectivity index (χ0v) is 17.7. The third-order valence-electron chi connectivity index (χ3n) is 5.44. The van der Waals surface area contributed by atoms with Crippen molar-refractivity contribution in [2.45, 2.75) is 0 Å². The second-order valence-electron chi connectivity index (χ2n) is 7.63. The van der Waals surface area contributed by atoms with E-state index in [1.165, 1.54) is 0 Å². The smallest absolute Gasteiger partial charge is 0.228 e. The van der Waals surface area contributed by atoms with Crippen LogP contribution in [0, 0.1) is 0 Å². The number of hydrogen-bond acceptors (Lipinski definition) is 11. The highest BCUT2D eigenvalue weighted by atomic mass is 16.5. The number of aromatic nitrogens is 5. The van der Waals surface area contributed by atoms with E-state index in [9.17, 15) is 0 Å². The van der Waals surface area contributed by atoms with Crippen molar-refractivity contribution in [3.63, 3.8) is 0 Å². The Morgan fingerprint density at radius 3 is 2.41 bits per heavy atom. The summed E-state index contributed by atoms with van der Waals surface area (Å²) in [6.45, 7) is 6.65. The summed E-state index contributed by atoms with van der Waals surface area (Å²) in [5.74, 6) is 2.51. The molecule has 5 rings (SSSR count). The molecule has 2 aliphatic rings. The second-order valence-corrected chi connectivity index (χ2v) is 7.63. The van der Waals surface area contributed by atoms with Gasteiger partial charge in [-0.05, 0) is 12.1 Å². The van der Waals surface area contributed by atoms with Crippen LogP contribution in [0.5, 0.6) is 0 Å². The number of morpholine rings is 1. The predicted molar refractivity (Wildman–Crippen MR) is 123 cm³/mol. The minimum Gasteiger partial charge on any atom is -0.378 e. The standard InChI is InChI=1S/C21H26N10O/c22-20-25-12-15(13-26-20)17-11-18(29-21(28-17)31-7-9-32-10-8-31)27-16-1-2-19(24-14-16)30-5-3-23-4-6-30/h1-2,11-14,23H,3-10H2,(H2,22,25,26)(H,27,28,29). The summed E-state index contributed by atoms with van der Waals surface area (Å²) in [7, 11) is 0. The molecule has 11 nitrogen and oxygen atoms in total. The van der Waals surface area contributed by atoms with Gasteiger partial charge in [-0.1, -0.05) is 0 Å². The number of hydrogen-bond donors (Lipinski definition) is 3. The second kappa shape index (κ2) is 9.28. The van der Waals surface area contributed by atoms with Gasteiger partial charge in [-0.15, -0.1) is 0 Å². The van der Waals surface area contributed by atoms with Crippen molar-refractivity contribution in [3.8, 4) is 11.3 Å². The fourth-order valence-corrected chi connectivity index (χ4v) is 3.71. The number of nitrogens with two attached hydrogens (primary N) is 1. The third-order valence-corrected chi connectivity index (χ3v) is 5.44. The first-order valence-electron chi connectivity index (χ1n) is 10.7. The molecule has 3 aromatic rings. The van der Waals surface area contributed by atoms with Gasteiger partial charge in [0.2, 0.25) is 11.9 Å². The quantitative estimate of drug-likeness (QED) is 0.529. The number of nitrogens with zero attached hydrogens (tertiary/aromatic N) is 7. The molecule has 4 N–H and O–H groups in total. The molecule has 0 amide bonds. The summed E-state index contributed by atoms with van der Waals surface area (Å²) in [5, 5.41) is 6.73. The van der Waals surface area contributed by atoms with Crippen LogP contribution in [0.2, 0.25) is 0 Å². The van der Waals surface area contributed by atoms with Gasteiger partial charge in [-0.3, -0.25) is 0 Å². The Bertz CT molecular complexity index is 1030. The van der Waals surface area contributed by atoms with Gasteiger partial charge >= 0.3 is 0 Å². The summed E-state index contributed by atoms with van der Waals surface area (Å²) in [6, 6.07) is 5.93. The molecule has 0 atom stereocenters. The van der Waals surface area contributed by atoms with Gasteiger partial charge < -0.3 is 30.9 Å². The Hall–Kier alpha value is -3.57. The van der Waals surface area contributed by atoms with Crippen LogP contribution in [0.4, 0.5) is 29.2 Å². The molecule has 0 aromatic carbocycles. The zero-order chi connectivity index (χ0) is 21.8. The van der Waals surface area contributed by atoms with Gasteiger partial charge in [0.1, 0.15) is 11.6 Å².